The minimum absolute atomic E-state index is 0.0806. The topological polar surface area (TPSA) is 98.5 Å². The number of anilines is 1. The second-order valence-corrected chi connectivity index (χ2v) is 6.22. The maximum atomic E-state index is 11.5. The number of nitrogens with one attached hydrogen (secondary N) is 1. The third-order valence-corrected chi connectivity index (χ3v) is 3.97. The summed E-state index contributed by atoms with van der Waals surface area (Å²) in [4.78, 5) is 11.0. The zero-order chi connectivity index (χ0) is 14.3. The van der Waals surface area contributed by atoms with E-state index < -0.39 is 21.5 Å². The molecule has 3 N–H and O–H groups in total. The molecule has 0 heterocycles. The van der Waals surface area contributed by atoms with Gasteiger partial charge in [0.2, 0.25) is 5.91 Å². The molecule has 0 saturated carbocycles. The number of nitrogen functional groups attached to an aromatic ring is 1. The summed E-state index contributed by atoms with van der Waals surface area (Å²) in [6.45, 7) is 0.260. The first-order chi connectivity index (χ1) is 8.93. The fourth-order valence-corrected chi connectivity index (χ4v) is 2.66. The van der Waals surface area contributed by atoms with Crippen molar-refractivity contribution in [3.63, 3.8) is 0 Å². The zero-order valence-electron chi connectivity index (χ0n) is 10.8. The summed E-state index contributed by atoms with van der Waals surface area (Å²) in [5.41, 5.74) is 6.17. The molecule has 0 aliphatic rings. The van der Waals surface area contributed by atoms with Gasteiger partial charge < -0.3 is 15.8 Å². The Kier molecular flexibility index (Phi) is 5.62. The predicted octanol–water partition coefficient (Wildman–Crippen LogP) is 0.199. The molecule has 1 amide bonds. The van der Waals surface area contributed by atoms with Crippen LogP contribution in [0.4, 0.5) is 5.69 Å². The Labute approximate surface area is 112 Å². The molecule has 0 unspecified atom stereocenters. The molecule has 0 aromatic heterocycles. The van der Waals surface area contributed by atoms with E-state index in [4.69, 9.17) is 10.5 Å². The molecule has 106 valence electrons. The zero-order valence-corrected chi connectivity index (χ0v) is 11.6. The van der Waals surface area contributed by atoms with Crippen molar-refractivity contribution in [2.45, 2.75) is 6.42 Å². The van der Waals surface area contributed by atoms with Crippen LogP contribution in [0.15, 0.2) is 24.3 Å². The second kappa shape index (κ2) is 6.98. The van der Waals surface area contributed by atoms with Gasteiger partial charge in [-0.2, -0.15) is 0 Å². The Morgan fingerprint density at radius 2 is 2.16 bits per heavy atom. The number of sulfone groups is 1. The molecular weight excluding hydrogens is 268 g/mol. The number of ether oxygens (including phenoxy) is 1. The van der Waals surface area contributed by atoms with Gasteiger partial charge >= 0.3 is 0 Å². The first-order valence-electron chi connectivity index (χ1n) is 5.82. The molecule has 19 heavy (non-hydrogen) atoms. The van der Waals surface area contributed by atoms with E-state index in [1.165, 1.54) is 7.05 Å². The molecule has 1 rings (SSSR count). The average molecular weight is 286 g/mol. The van der Waals surface area contributed by atoms with Crippen LogP contribution in [0.25, 0.3) is 0 Å². The lowest BCUT2D eigenvalue weighted by atomic mass is 10.3. The third-order valence-electron chi connectivity index (χ3n) is 2.36. The van der Waals surface area contributed by atoms with E-state index in [1.54, 1.807) is 24.3 Å². The molecule has 0 bridgehead atoms. The van der Waals surface area contributed by atoms with E-state index in [0.717, 1.165) is 0 Å². The van der Waals surface area contributed by atoms with Crippen LogP contribution >= 0.6 is 0 Å². The molecule has 0 saturated heterocycles. The van der Waals surface area contributed by atoms with Gasteiger partial charge in [0.25, 0.3) is 0 Å². The maximum Gasteiger partial charge on any atom is 0.234 e. The van der Waals surface area contributed by atoms with Gasteiger partial charge in [0, 0.05) is 18.8 Å². The third kappa shape index (κ3) is 6.10. The quantitative estimate of drug-likeness (QED) is 0.551. The van der Waals surface area contributed by atoms with Crippen molar-refractivity contribution in [3.8, 4) is 5.75 Å². The maximum absolute atomic E-state index is 11.5. The Balaban J connectivity index is 2.33. The number of carbonyl (C=O) groups is 1. The Hall–Kier alpha value is -1.76. The van der Waals surface area contributed by atoms with Gasteiger partial charge in [-0.1, -0.05) is 6.07 Å². The van der Waals surface area contributed by atoms with Crippen LogP contribution in [0.2, 0.25) is 0 Å². The Bertz CT molecular complexity index is 528. The number of hydrogen-bond acceptors (Lipinski definition) is 5. The van der Waals surface area contributed by atoms with Crippen molar-refractivity contribution < 1.29 is 17.9 Å². The molecule has 0 spiro atoms. The number of nitrogens with two attached hydrogens (primary N) is 1. The van der Waals surface area contributed by atoms with Crippen LogP contribution in [0.1, 0.15) is 6.42 Å². The van der Waals surface area contributed by atoms with Crippen molar-refractivity contribution in [2.75, 3.05) is 30.9 Å². The number of carbonyl (C=O) groups excluding carboxylic acids is 1. The van der Waals surface area contributed by atoms with Gasteiger partial charge in [0.1, 0.15) is 11.5 Å². The molecule has 0 atom stereocenters. The van der Waals surface area contributed by atoms with Gasteiger partial charge in [0.15, 0.2) is 9.84 Å². The van der Waals surface area contributed by atoms with Crippen molar-refractivity contribution in [3.05, 3.63) is 24.3 Å². The number of benzene rings is 1. The number of rotatable bonds is 7. The molecule has 7 heteroatoms. The highest BCUT2D eigenvalue weighted by Crippen LogP contribution is 2.14. The fourth-order valence-electron chi connectivity index (χ4n) is 1.42. The van der Waals surface area contributed by atoms with E-state index in [-0.39, 0.29) is 12.4 Å². The second-order valence-electron chi connectivity index (χ2n) is 4.04. The Morgan fingerprint density at radius 1 is 1.42 bits per heavy atom. The summed E-state index contributed by atoms with van der Waals surface area (Å²) in [5.74, 6) is -0.467. The summed E-state index contributed by atoms with van der Waals surface area (Å²) >= 11 is 0. The van der Waals surface area contributed by atoms with Crippen molar-refractivity contribution in [1.82, 2.24) is 5.32 Å². The van der Waals surface area contributed by atoms with Gasteiger partial charge in [-0.15, -0.1) is 0 Å². The predicted molar refractivity (Wildman–Crippen MR) is 73.7 cm³/mol. The number of hydrogen-bond donors (Lipinski definition) is 2. The van der Waals surface area contributed by atoms with E-state index in [1.807, 2.05) is 0 Å². The standard InChI is InChI=1S/C12H18N2O4S/c1-14-12(15)9-19(16,17)7-3-6-18-11-5-2-4-10(13)8-11/h2,4-5,8H,3,6-7,9,13H2,1H3,(H,14,15). The Morgan fingerprint density at radius 3 is 2.79 bits per heavy atom. The average Bonchev–Trinajstić information content (AvgIpc) is 2.34. The highest BCUT2D eigenvalue weighted by atomic mass is 32.2. The summed E-state index contributed by atoms with van der Waals surface area (Å²) in [6.07, 6.45) is 0.328. The smallest absolute Gasteiger partial charge is 0.234 e. The van der Waals surface area contributed by atoms with Crippen LogP contribution in [0.5, 0.6) is 5.75 Å². The van der Waals surface area contributed by atoms with E-state index >= 15 is 0 Å². The largest absolute Gasteiger partial charge is 0.493 e. The van der Waals surface area contributed by atoms with E-state index in [2.05, 4.69) is 5.32 Å². The van der Waals surface area contributed by atoms with Crippen LogP contribution < -0.4 is 15.8 Å². The van der Waals surface area contributed by atoms with Crippen molar-refractivity contribution >= 4 is 21.4 Å². The summed E-state index contributed by atoms with van der Waals surface area (Å²) in [6, 6.07) is 6.90. The highest BCUT2D eigenvalue weighted by Gasteiger charge is 2.15. The van der Waals surface area contributed by atoms with Gasteiger partial charge in [-0.05, 0) is 18.6 Å². The molecule has 0 fully saturated rings. The van der Waals surface area contributed by atoms with Crippen LogP contribution in [0, 0.1) is 0 Å². The van der Waals surface area contributed by atoms with Crippen LogP contribution in [-0.4, -0.2) is 39.5 Å². The van der Waals surface area contributed by atoms with Crippen LogP contribution in [-0.2, 0) is 14.6 Å². The van der Waals surface area contributed by atoms with Crippen molar-refractivity contribution in [2.24, 2.45) is 0 Å². The van der Waals surface area contributed by atoms with Gasteiger partial charge in [-0.3, -0.25) is 4.79 Å². The summed E-state index contributed by atoms with van der Waals surface area (Å²) in [5, 5.41) is 2.28. The van der Waals surface area contributed by atoms with Gasteiger partial charge in [-0.25, -0.2) is 8.42 Å². The minimum atomic E-state index is -3.37. The first kappa shape index (κ1) is 15.3. The molecule has 1 aromatic carbocycles. The minimum Gasteiger partial charge on any atom is -0.493 e. The summed E-state index contributed by atoms with van der Waals surface area (Å²) < 4.78 is 28.4. The molecule has 6 nitrogen and oxygen atoms in total. The van der Waals surface area contributed by atoms with E-state index in [0.29, 0.717) is 17.9 Å². The molecule has 0 radical (unpaired) electrons. The highest BCUT2D eigenvalue weighted by molar-refractivity contribution is 7.92. The lowest BCUT2D eigenvalue weighted by Crippen LogP contribution is -2.28. The fraction of sp³-hybridized carbons (Fsp3) is 0.417. The molecule has 0 aliphatic carbocycles. The first-order valence-corrected chi connectivity index (χ1v) is 7.64. The molecule has 0 aliphatic heterocycles. The van der Waals surface area contributed by atoms with Crippen molar-refractivity contribution in [1.29, 1.82) is 0 Å². The monoisotopic (exact) mass is 286 g/mol. The van der Waals surface area contributed by atoms with E-state index in [9.17, 15) is 13.2 Å². The molecule has 1 aromatic rings. The normalized spacial score (nSPS) is 11.0. The number of amides is 1. The summed E-state index contributed by atoms with van der Waals surface area (Å²) in [7, 11) is -1.97. The lowest BCUT2D eigenvalue weighted by molar-refractivity contribution is -0.118. The lowest BCUT2D eigenvalue weighted by Gasteiger charge is -2.07. The van der Waals surface area contributed by atoms with Gasteiger partial charge in [0.05, 0.1) is 12.4 Å². The SMILES string of the molecule is CNC(=O)CS(=O)(=O)CCCOc1cccc(N)c1. The molecular formula is C12H18N2O4S. The van der Waals surface area contributed by atoms with Crippen LogP contribution in [0.3, 0.4) is 0 Å².